The van der Waals surface area contributed by atoms with Gasteiger partial charge in [-0.25, -0.2) is 4.68 Å². The van der Waals surface area contributed by atoms with Gasteiger partial charge in [-0.05, 0) is 56.5 Å². The molecule has 0 aliphatic carbocycles. The van der Waals surface area contributed by atoms with E-state index in [0.29, 0.717) is 11.5 Å². The van der Waals surface area contributed by atoms with Gasteiger partial charge in [0.15, 0.2) is 0 Å². The first-order valence-corrected chi connectivity index (χ1v) is 9.79. The van der Waals surface area contributed by atoms with Gasteiger partial charge in [0.05, 0.1) is 12.7 Å². The molecular weight excluding hydrogens is 378 g/mol. The second-order valence-electron chi connectivity index (χ2n) is 7.60. The molecule has 0 radical (unpaired) electrons. The van der Waals surface area contributed by atoms with Crippen molar-refractivity contribution in [3.63, 3.8) is 0 Å². The van der Waals surface area contributed by atoms with E-state index in [9.17, 15) is 4.79 Å². The number of aryl methyl sites for hydroxylation is 3. The first kappa shape index (κ1) is 19.7. The van der Waals surface area contributed by atoms with E-state index in [1.807, 2.05) is 64.1 Å². The van der Waals surface area contributed by atoms with Crippen molar-refractivity contribution in [2.24, 2.45) is 0 Å². The van der Waals surface area contributed by atoms with Crippen LogP contribution in [0.1, 0.15) is 35.2 Å². The van der Waals surface area contributed by atoms with Crippen molar-refractivity contribution in [3.8, 4) is 5.75 Å². The third kappa shape index (κ3) is 3.43. The molecule has 3 aromatic rings. The van der Waals surface area contributed by atoms with Crippen LogP contribution in [0.15, 0.2) is 54.0 Å². The molecule has 30 heavy (non-hydrogen) atoms. The summed E-state index contributed by atoms with van der Waals surface area (Å²) >= 11 is 0. The number of rotatable bonds is 4. The van der Waals surface area contributed by atoms with Gasteiger partial charge >= 0.3 is 0 Å². The summed E-state index contributed by atoms with van der Waals surface area (Å²) in [7, 11) is 1.64. The van der Waals surface area contributed by atoms with Gasteiger partial charge in [-0.15, -0.1) is 0 Å². The van der Waals surface area contributed by atoms with E-state index >= 15 is 0 Å². The number of amides is 1. The number of anilines is 2. The molecule has 7 heteroatoms. The molecule has 0 saturated heterocycles. The highest BCUT2D eigenvalue weighted by molar-refractivity contribution is 6.06. The second-order valence-corrected chi connectivity index (χ2v) is 7.60. The van der Waals surface area contributed by atoms with Crippen molar-refractivity contribution >= 4 is 17.5 Å². The van der Waals surface area contributed by atoms with Crippen LogP contribution in [-0.4, -0.2) is 27.8 Å². The largest absolute Gasteiger partial charge is 0.496 e. The van der Waals surface area contributed by atoms with E-state index in [2.05, 4.69) is 20.7 Å². The fourth-order valence-electron chi connectivity index (χ4n) is 3.84. The lowest BCUT2D eigenvalue weighted by atomic mass is 9.94. The minimum absolute atomic E-state index is 0.183. The molecule has 0 spiro atoms. The molecule has 0 unspecified atom stereocenters. The lowest BCUT2D eigenvalue weighted by Gasteiger charge is -2.29. The third-order valence-corrected chi connectivity index (χ3v) is 5.42. The number of nitrogens with zero attached hydrogens (tertiary/aromatic N) is 3. The Bertz CT molecular complexity index is 1160. The number of fused-ring (bicyclic) bond motifs is 1. The molecule has 1 aromatic heterocycles. The topological polar surface area (TPSA) is 81.1 Å². The number of aromatic nitrogens is 3. The van der Waals surface area contributed by atoms with Crippen LogP contribution in [0.4, 0.5) is 11.6 Å². The highest BCUT2D eigenvalue weighted by atomic mass is 16.5. The van der Waals surface area contributed by atoms with Gasteiger partial charge in [-0.2, -0.15) is 10.1 Å². The number of allylic oxidation sites excluding steroid dienone is 1. The van der Waals surface area contributed by atoms with Crippen molar-refractivity contribution in [2.75, 3.05) is 17.7 Å². The Labute approximate surface area is 175 Å². The molecule has 1 aliphatic rings. The van der Waals surface area contributed by atoms with E-state index in [1.165, 1.54) is 6.33 Å². The SMILES string of the molecule is COc1cc([C@H]2C(C(=O)Nc3ccc(C)cc3C)=C(C)Nc3ncnn32)ccc1C. The highest BCUT2D eigenvalue weighted by Gasteiger charge is 2.33. The van der Waals surface area contributed by atoms with Gasteiger partial charge in [0.25, 0.3) is 5.91 Å². The maximum atomic E-state index is 13.5. The average molecular weight is 403 g/mol. The van der Waals surface area contributed by atoms with E-state index in [1.54, 1.807) is 11.8 Å². The Hall–Kier alpha value is -3.61. The summed E-state index contributed by atoms with van der Waals surface area (Å²) in [6, 6.07) is 11.5. The molecule has 0 bridgehead atoms. The predicted molar refractivity (Wildman–Crippen MR) is 117 cm³/mol. The minimum Gasteiger partial charge on any atom is -0.496 e. The van der Waals surface area contributed by atoms with Crippen LogP contribution >= 0.6 is 0 Å². The van der Waals surface area contributed by atoms with Crippen LogP contribution in [0.3, 0.4) is 0 Å². The van der Waals surface area contributed by atoms with Gasteiger partial charge in [-0.3, -0.25) is 4.79 Å². The Kier molecular flexibility index (Phi) is 5.03. The lowest BCUT2D eigenvalue weighted by molar-refractivity contribution is -0.113. The summed E-state index contributed by atoms with van der Waals surface area (Å²) in [6.07, 6.45) is 1.49. The number of hydrogen-bond acceptors (Lipinski definition) is 5. The van der Waals surface area contributed by atoms with Gasteiger partial charge in [0.2, 0.25) is 5.95 Å². The fourth-order valence-corrected chi connectivity index (χ4v) is 3.84. The molecule has 2 N–H and O–H groups in total. The zero-order valence-electron chi connectivity index (χ0n) is 17.8. The molecule has 0 saturated carbocycles. The smallest absolute Gasteiger partial charge is 0.255 e. The summed E-state index contributed by atoms with van der Waals surface area (Å²) in [5, 5.41) is 10.7. The van der Waals surface area contributed by atoms with E-state index in [-0.39, 0.29) is 5.91 Å². The summed E-state index contributed by atoms with van der Waals surface area (Å²) in [5.74, 6) is 1.18. The van der Waals surface area contributed by atoms with Crippen LogP contribution in [-0.2, 0) is 4.79 Å². The molecule has 154 valence electrons. The molecule has 2 aromatic carbocycles. The molecular formula is C23H25N5O2. The highest BCUT2D eigenvalue weighted by Crippen LogP contribution is 2.37. The van der Waals surface area contributed by atoms with Crippen molar-refractivity contribution in [1.82, 2.24) is 14.8 Å². The molecule has 7 nitrogen and oxygen atoms in total. The first-order valence-electron chi connectivity index (χ1n) is 9.79. The number of benzene rings is 2. The third-order valence-electron chi connectivity index (χ3n) is 5.42. The van der Waals surface area contributed by atoms with Gasteiger partial charge < -0.3 is 15.4 Å². The van der Waals surface area contributed by atoms with Crippen molar-refractivity contribution in [2.45, 2.75) is 33.7 Å². The van der Waals surface area contributed by atoms with E-state index in [4.69, 9.17) is 4.74 Å². The molecule has 1 atom stereocenters. The molecule has 0 fully saturated rings. The number of carbonyl (C=O) groups excluding carboxylic acids is 1. The van der Waals surface area contributed by atoms with Gasteiger partial charge in [0.1, 0.15) is 18.1 Å². The Morgan fingerprint density at radius 2 is 1.90 bits per heavy atom. The Balaban J connectivity index is 1.78. The normalized spacial score (nSPS) is 15.4. The van der Waals surface area contributed by atoms with Crippen LogP contribution in [0, 0.1) is 20.8 Å². The Morgan fingerprint density at radius 1 is 1.10 bits per heavy atom. The number of nitrogens with one attached hydrogen (secondary N) is 2. The second kappa shape index (κ2) is 7.67. The molecule has 1 aliphatic heterocycles. The zero-order valence-corrected chi connectivity index (χ0v) is 17.8. The summed E-state index contributed by atoms with van der Waals surface area (Å²) < 4.78 is 7.24. The monoisotopic (exact) mass is 403 g/mol. The van der Waals surface area contributed by atoms with Crippen LogP contribution in [0.25, 0.3) is 0 Å². The minimum atomic E-state index is -0.427. The molecule has 1 amide bonds. The quantitative estimate of drug-likeness (QED) is 0.684. The average Bonchev–Trinajstić information content (AvgIpc) is 3.17. The van der Waals surface area contributed by atoms with Gasteiger partial charge in [-0.1, -0.05) is 29.8 Å². The van der Waals surface area contributed by atoms with Crippen LogP contribution in [0.2, 0.25) is 0 Å². The first-order chi connectivity index (χ1) is 14.4. The summed E-state index contributed by atoms with van der Waals surface area (Å²) in [6.45, 7) is 7.89. The number of ether oxygens (including phenoxy) is 1. The summed E-state index contributed by atoms with van der Waals surface area (Å²) in [4.78, 5) is 17.7. The lowest BCUT2D eigenvalue weighted by Crippen LogP contribution is -2.31. The van der Waals surface area contributed by atoms with Crippen LogP contribution < -0.4 is 15.4 Å². The summed E-state index contributed by atoms with van der Waals surface area (Å²) in [5.41, 5.74) is 6.20. The van der Waals surface area contributed by atoms with Gasteiger partial charge in [0, 0.05) is 11.4 Å². The number of hydrogen-bond donors (Lipinski definition) is 2. The Morgan fingerprint density at radius 3 is 2.63 bits per heavy atom. The van der Waals surface area contributed by atoms with Crippen molar-refractivity contribution < 1.29 is 9.53 Å². The molecule has 4 rings (SSSR count). The van der Waals surface area contributed by atoms with Crippen molar-refractivity contribution in [3.05, 3.63) is 76.2 Å². The van der Waals surface area contributed by atoms with E-state index in [0.717, 1.165) is 39.4 Å². The maximum Gasteiger partial charge on any atom is 0.255 e. The zero-order chi connectivity index (χ0) is 21.4. The predicted octanol–water partition coefficient (Wildman–Crippen LogP) is 4.14. The van der Waals surface area contributed by atoms with Crippen molar-refractivity contribution in [1.29, 1.82) is 0 Å². The maximum absolute atomic E-state index is 13.5. The van der Waals surface area contributed by atoms with Crippen LogP contribution in [0.5, 0.6) is 5.75 Å². The number of methoxy groups -OCH3 is 1. The van der Waals surface area contributed by atoms with E-state index < -0.39 is 6.04 Å². The number of carbonyl (C=O) groups is 1. The standard InChI is InChI=1S/C23H25N5O2/c1-13-6-9-18(15(3)10-13)27-22(29)20-16(4)26-23-24-12-25-28(23)21(20)17-8-7-14(2)19(11-17)30-5/h6-12,21H,1-5H3,(H,27,29)(H,24,25,26)/t21-/m0/s1. The molecule has 2 heterocycles. The fraction of sp³-hybridized carbons (Fsp3) is 0.261.